The molecule has 5 atom stereocenters. The summed E-state index contributed by atoms with van der Waals surface area (Å²) in [4.78, 5) is 14.6. The van der Waals surface area contributed by atoms with E-state index in [4.69, 9.17) is 28.4 Å². The molecule has 0 N–H and O–H groups in total. The molecule has 41 heavy (non-hydrogen) atoms. The van der Waals surface area contributed by atoms with Gasteiger partial charge in [-0.05, 0) is 39.0 Å². The highest BCUT2D eigenvalue weighted by Crippen LogP contribution is 2.39. The summed E-state index contributed by atoms with van der Waals surface area (Å²) < 4.78 is 39.3. The summed E-state index contributed by atoms with van der Waals surface area (Å²) in [7, 11) is 0. The first-order chi connectivity index (χ1) is 20.0. The van der Waals surface area contributed by atoms with Crippen molar-refractivity contribution in [2.24, 2.45) is 0 Å². The van der Waals surface area contributed by atoms with Crippen molar-refractivity contribution in [3.05, 3.63) is 35.4 Å². The molecule has 7 heteroatoms. The minimum absolute atomic E-state index is 0.246. The fourth-order valence-electron chi connectivity index (χ4n) is 4.84. The van der Waals surface area contributed by atoms with Gasteiger partial charge in [-0.2, -0.15) is 0 Å². The Balaban J connectivity index is 2.63. The average molecular weight is 579 g/mol. The van der Waals surface area contributed by atoms with Gasteiger partial charge in [-0.1, -0.05) is 96.6 Å². The van der Waals surface area contributed by atoms with Gasteiger partial charge in [0.05, 0.1) is 13.2 Å². The van der Waals surface area contributed by atoms with E-state index in [0.717, 1.165) is 69.8 Å². The van der Waals surface area contributed by atoms with E-state index in [2.05, 4.69) is 34.6 Å². The number of hydrogen-bond donors (Lipinski definition) is 0. The van der Waals surface area contributed by atoms with Gasteiger partial charge in [-0.3, -0.25) is 4.79 Å². The number of hydrogen-bond acceptors (Lipinski definition) is 7. The third-order valence-corrected chi connectivity index (χ3v) is 7.47. The molecule has 1 heterocycles. The minimum Gasteiger partial charge on any atom is -0.379 e. The van der Waals surface area contributed by atoms with Crippen molar-refractivity contribution in [3.63, 3.8) is 0 Å². The second kappa shape index (κ2) is 20.5. The molecule has 1 saturated heterocycles. The summed E-state index contributed by atoms with van der Waals surface area (Å²) in [5, 5.41) is 0. The molecule has 0 amide bonds. The normalized spacial score (nSPS) is 24.5. The van der Waals surface area contributed by atoms with Crippen LogP contribution in [0.2, 0.25) is 0 Å². The summed E-state index contributed by atoms with van der Waals surface area (Å²) in [6.07, 6.45) is 6.99. The molecule has 1 aliphatic heterocycles. The van der Waals surface area contributed by atoms with E-state index in [9.17, 15) is 4.79 Å². The van der Waals surface area contributed by atoms with Crippen LogP contribution in [-0.2, 0) is 28.4 Å². The Bertz CT molecular complexity index is 814. The topological polar surface area (TPSA) is 72.5 Å². The van der Waals surface area contributed by atoms with Crippen LogP contribution in [0.3, 0.4) is 0 Å². The van der Waals surface area contributed by atoms with Crippen LogP contribution >= 0.6 is 0 Å². The van der Waals surface area contributed by atoms with Gasteiger partial charge >= 0.3 is 0 Å². The number of rotatable bonds is 23. The lowest BCUT2D eigenvalue weighted by Crippen LogP contribution is -2.71. The summed E-state index contributed by atoms with van der Waals surface area (Å²) in [5.41, 5.74) is 1.61. The maximum absolute atomic E-state index is 14.6. The van der Waals surface area contributed by atoms with Crippen molar-refractivity contribution in [2.75, 3.05) is 39.6 Å². The van der Waals surface area contributed by atoms with E-state index in [0.29, 0.717) is 38.6 Å². The van der Waals surface area contributed by atoms with Crippen LogP contribution in [0.25, 0.3) is 0 Å². The average Bonchev–Trinajstić information content (AvgIpc) is 2.98. The van der Waals surface area contributed by atoms with Gasteiger partial charge in [0.2, 0.25) is 5.78 Å². The van der Waals surface area contributed by atoms with Crippen LogP contribution in [0.4, 0.5) is 0 Å². The van der Waals surface area contributed by atoms with Crippen molar-refractivity contribution < 1.29 is 33.2 Å². The molecule has 1 aromatic carbocycles. The highest BCUT2D eigenvalue weighted by Gasteiger charge is 2.61. The second-order valence-electron chi connectivity index (χ2n) is 11.2. The lowest BCUT2D eigenvalue weighted by Gasteiger charge is -2.51. The highest BCUT2D eigenvalue weighted by atomic mass is 16.7. The predicted molar refractivity (Wildman–Crippen MR) is 164 cm³/mol. The number of Topliss-reactive ketones (excluding diaryl/α,β-unsaturated/α-hetero) is 1. The smallest absolute Gasteiger partial charge is 0.264 e. The van der Waals surface area contributed by atoms with Crippen molar-refractivity contribution >= 4 is 5.78 Å². The molecule has 2 rings (SSSR count). The highest BCUT2D eigenvalue weighted by molar-refractivity contribution is 6.02. The van der Waals surface area contributed by atoms with Crippen molar-refractivity contribution in [1.29, 1.82) is 0 Å². The van der Waals surface area contributed by atoms with Crippen molar-refractivity contribution in [1.82, 2.24) is 0 Å². The predicted octanol–water partition coefficient (Wildman–Crippen LogP) is 7.46. The minimum atomic E-state index is -1.68. The van der Waals surface area contributed by atoms with Gasteiger partial charge in [-0.25, -0.2) is 0 Å². The van der Waals surface area contributed by atoms with Gasteiger partial charge < -0.3 is 28.4 Å². The molecule has 0 bridgehead atoms. The van der Waals surface area contributed by atoms with Crippen LogP contribution < -0.4 is 0 Å². The standard InChI is InChI=1S/C34H58O7/c1-7-12-21-36-26-29-30(37-22-13-8-2)31(38-23-14-9-3)33(39-24-15-10-4)34(41-29,40-25-16-11-5)32(35)28-19-17-27(6)18-20-28/h17-20,29-31,33H,7-16,21-26H2,1-6H3/t29-,30-,31+,33-,34+/m1/s1. The van der Waals surface area contributed by atoms with Crippen molar-refractivity contribution in [3.8, 4) is 0 Å². The van der Waals surface area contributed by atoms with Crippen LogP contribution in [0.1, 0.15) is 115 Å². The molecule has 236 valence electrons. The summed E-state index contributed by atoms with van der Waals surface area (Å²) in [5.74, 6) is -1.93. The van der Waals surface area contributed by atoms with Crippen LogP contribution in [0.15, 0.2) is 24.3 Å². The van der Waals surface area contributed by atoms with E-state index in [1.54, 1.807) is 0 Å². The Labute approximate surface area is 249 Å². The molecule has 0 saturated carbocycles. The number of ketones is 1. The molecule has 1 fully saturated rings. The first kappa shape index (κ1) is 35.8. The van der Waals surface area contributed by atoms with E-state index < -0.39 is 30.2 Å². The van der Waals surface area contributed by atoms with Crippen LogP contribution in [-0.4, -0.2) is 75.6 Å². The Morgan fingerprint density at radius 2 is 1.22 bits per heavy atom. The second-order valence-corrected chi connectivity index (χ2v) is 11.2. The molecule has 7 nitrogen and oxygen atoms in total. The zero-order valence-electron chi connectivity index (χ0n) is 26.8. The first-order valence-electron chi connectivity index (χ1n) is 16.3. The van der Waals surface area contributed by atoms with Gasteiger partial charge in [0.15, 0.2) is 0 Å². The lowest BCUT2D eigenvalue weighted by atomic mass is 9.86. The summed E-state index contributed by atoms with van der Waals surface area (Å²) in [6, 6.07) is 7.58. The molecule has 0 aromatic heterocycles. The SMILES string of the molecule is CCCCOC[C@H]1O[C@@](OCCCC)(C(=O)c2ccc(C)cc2)[C@H](OCCCC)[C@@H](OCCCC)[C@@H]1OCCCC. The molecular weight excluding hydrogens is 520 g/mol. The largest absolute Gasteiger partial charge is 0.379 e. The molecule has 0 radical (unpaired) electrons. The third kappa shape index (κ3) is 11.0. The van der Waals surface area contributed by atoms with E-state index in [1.807, 2.05) is 31.2 Å². The van der Waals surface area contributed by atoms with Gasteiger partial charge in [-0.15, -0.1) is 0 Å². The monoisotopic (exact) mass is 578 g/mol. The number of unbranched alkanes of at least 4 members (excludes halogenated alkanes) is 5. The number of carbonyl (C=O) groups is 1. The number of benzene rings is 1. The third-order valence-electron chi connectivity index (χ3n) is 7.47. The Kier molecular flexibility index (Phi) is 18.0. The lowest BCUT2D eigenvalue weighted by molar-refractivity contribution is -0.355. The molecule has 1 aliphatic rings. The van der Waals surface area contributed by atoms with Gasteiger partial charge in [0, 0.05) is 32.0 Å². The number of ether oxygens (including phenoxy) is 6. The fraction of sp³-hybridized carbons (Fsp3) is 0.794. The molecular formula is C34H58O7. The number of carbonyl (C=O) groups excluding carboxylic acids is 1. The van der Waals surface area contributed by atoms with Crippen LogP contribution in [0, 0.1) is 6.92 Å². The molecule has 1 aromatic rings. The van der Waals surface area contributed by atoms with Gasteiger partial charge in [0.25, 0.3) is 5.79 Å². The Morgan fingerprint density at radius 3 is 1.80 bits per heavy atom. The van der Waals surface area contributed by atoms with E-state index in [-0.39, 0.29) is 12.4 Å². The zero-order chi connectivity index (χ0) is 29.9. The van der Waals surface area contributed by atoms with Crippen LogP contribution in [0.5, 0.6) is 0 Å². The maximum atomic E-state index is 14.6. The Morgan fingerprint density at radius 1 is 0.707 bits per heavy atom. The zero-order valence-corrected chi connectivity index (χ0v) is 26.8. The Hall–Kier alpha value is -1.35. The first-order valence-corrected chi connectivity index (χ1v) is 16.3. The molecule has 0 aliphatic carbocycles. The van der Waals surface area contributed by atoms with Gasteiger partial charge in [0.1, 0.15) is 24.4 Å². The molecule has 0 spiro atoms. The quantitative estimate of drug-likeness (QED) is 0.0986. The molecule has 0 unspecified atom stereocenters. The maximum Gasteiger partial charge on any atom is 0.264 e. The van der Waals surface area contributed by atoms with E-state index in [1.165, 1.54) is 0 Å². The fourth-order valence-corrected chi connectivity index (χ4v) is 4.84. The summed E-state index contributed by atoms with van der Waals surface area (Å²) >= 11 is 0. The number of aryl methyl sites for hydroxylation is 1. The van der Waals surface area contributed by atoms with Crippen molar-refractivity contribution in [2.45, 2.75) is 136 Å². The van der Waals surface area contributed by atoms with E-state index >= 15 is 0 Å². The summed E-state index contributed by atoms with van der Waals surface area (Å²) in [6.45, 7) is 15.5.